The molecule has 0 spiro atoms. The number of allylic oxidation sites excluding steroid dienone is 3. The lowest BCUT2D eigenvalue weighted by Crippen LogP contribution is -1.89. The summed E-state index contributed by atoms with van der Waals surface area (Å²) in [5, 5.41) is 2.15. The van der Waals surface area contributed by atoms with Gasteiger partial charge in [-0.1, -0.05) is 48.2 Å². The lowest BCUT2D eigenvalue weighted by Gasteiger charge is -2.12. The average Bonchev–Trinajstić information content (AvgIpc) is 2.34. The van der Waals surface area contributed by atoms with E-state index in [1.165, 1.54) is 27.8 Å². The van der Waals surface area contributed by atoms with E-state index in [1.807, 2.05) is 0 Å². The highest BCUT2D eigenvalue weighted by molar-refractivity contribution is 8.06. The fourth-order valence-electron chi connectivity index (χ4n) is 1.68. The molecule has 0 aliphatic rings. The van der Waals surface area contributed by atoms with Crippen molar-refractivity contribution in [3.05, 3.63) is 63.4 Å². The standard InChI is InChI=1S/C17H22S/c1-12(2)11-18-16(6)14(4)15(5)17-10-8-7-9-13(17)3/h7-11H,6H2,1-5H3/b15-14-. The first-order valence-corrected chi connectivity index (χ1v) is 7.04. The molecule has 0 heterocycles. The van der Waals surface area contributed by atoms with E-state index in [4.69, 9.17) is 0 Å². The molecule has 0 fully saturated rings. The molecule has 0 aliphatic heterocycles. The summed E-state index contributed by atoms with van der Waals surface area (Å²) in [4.78, 5) is 1.12. The smallest absolute Gasteiger partial charge is 0.00760 e. The van der Waals surface area contributed by atoms with Crippen molar-refractivity contribution >= 4 is 17.3 Å². The summed E-state index contributed by atoms with van der Waals surface area (Å²) in [5.74, 6) is 0. The van der Waals surface area contributed by atoms with E-state index < -0.39 is 0 Å². The maximum Gasteiger partial charge on any atom is 0.00760 e. The Kier molecular flexibility index (Phi) is 5.49. The van der Waals surface area contributed by atoms with Gasteiger partial charge in [-0.3, -0.25) is 0 Å². The van der Waals surface area contributed by atoms with Crippen LogP contribution in [0.5, 0.6) is 0 Å². The van der Waals surface area contributed by atoms with E-state index in [-0.39, 0.29) is 0 Å². The SMILES string of the molecule is C=C(SC=C(C)C)/C(C)=C(/C)c1ccccc1C. The van der Waals surface area contributed by atoms with Crippen molar-refractivity contribution in [2.75, 3.05) is 0 Å². The largest absolute Gasteiger partial charge is 0.0985 e. The Bertz CT molecular complexity index is 500. The molecule has 96 valence electrons. The van der Waals surface area contributed by atoms with E-state index in [0.29, 0.717) is 0 Å². The third-order valence-corrected chi connectivity index (χ3v) is 4.15. The minimum absolute atomic E-state index is 1.12. The Labute approximate surface area is 116 Å². The highest BCUT2D eigenvalue weighted by Gasteiger charge is 2.06. The molecule has 18 heavy (non-hydrogen) atoms. The lowest BCUT2D eigenvalue weighted by molar-refractivity contribution is 1.37. The molecule has 0 saturated heterocycles. The molecule has 0 radical (unpaired) electrons. The second-order valence-corrected chi connectivity index (χ2v) is 5.77. The second kappa shape index (κ2) is 6.65. The summed E-state index contributed by atoms with van der Waals surface area (Å²) in [6.45, 7) is 14.8. The van der Waals surface area contributed by atoms with Crippen LogP contribution in [0.2, 0.25) is 0 Å². The third-order valence-electron chi connectivity index (χ3n) is 2.97. The van der Waals surface area contributed by atoms with E-state index in [2.05, 4.69) is 70.9 Å². The maximum atomic E-state index is 4.16. The highest BCUT2D eigenvalue weighted by Crippen LogP contribution is 2.31. The average molecular weight is 258 g/mol. The molecule has 0 amide bonds. The Morgan fingerprint density at radius 2 is 1.72 bits per heavy atom. The lowest BCUT2D eigenvalue weighted by atomic mass is 9.98. The minimum atomic E-state index is 1.12. The van der Waals surface area contributed by atoms with E-state index in [1.54, 1.807) is 11.8 Å². The summed E-state index contributed by atoms with van der Waals surface area (Å²) < 4.78 is 0. The zero-order chi connectivity index (χ0) is 13.7. The monoisotopic (exact) mass is 258 g/mol. The van der Waals surface area contributed by atoms with Gasteiger partial charge in [-0.25, -0.2) is 0 Å². The minimum Gasteiger partial charge on any atom is -0.0985 e. The van der Waals surface area contributed by atoms with Gasteiger partial charge in [0.1, 0.15) is 0 Å². The summed E-state index contributed by atoms with van der Waals surface area (Å²) in [6, 6.07) is 8.49. The van der Waals surface area contributed by atoms with Crippen LogP contribution in [0.3, 0.4) is 0 Å². The third kappa shape index (κ3) is 3.92. The number of hydrogen-bond donors (Lipinski definition) is 0. The van der Waals surface area contributed by atoms with Crippen molar-refractivity contribution in [3.8, 4) is 0 Å². The van der Waals surface area contributed by atoms with Gasteiger partial charge in [-0.2, -0.15) is 0 Å². The molecular formula is C17H22S. The molecule has 1 aromatic carbocycles. The van der Waals surface area contributed by atoms with Crippen LogP contribution in [0.4, 0.5) is 0 Å². The number of thioether (sulfide) groups is 1. The van der Waals surface area contributed by atoms with Crippen molar-refractivity contribution in [2.24, 2.45) is 0 Å². The van der Waals surface area contributed by atoms with Crippen molar-refractivity contribution in [2.45, 2.75) is 34.6 Å². The summed E-state index contributed by atoms with van der Waals surface area (Å²) in [5.41, 5.74) is 6.52. The molecule has 0 atom stereocenters. The summed E-state index contributed by atoms with van der Waals surface area (Å²) in [6.07, 6.45) is 0. The first-order chi connectivity index (χ1) is 8.43. The first kappa shape index (κ1) is 14.8. The fraction of sp³-hybridized carbons (Fsp3) is 0.294. The first-order valence-electron chi connectivity index (χ1n) is 6.16. The van der Waals surface area contributed by atoms with Crippen LogP contribution in [0.25, 0.3) is 5.57 Å². The molecule has 0 aromatic heterocycles. The highest BCUT2D eigenvalue weighted by atomic mass is 32.2. The normalized spacial score (nSPS) is 11.8. The van der Waals surface area contributed by atoms with Crippen LogP contribution in [-0.4, -0.2) is 0 Å². The molecule has 0 unspecified atom stereocenters. The number of aryl methyl sites for hydroxylation is 1. The van der Waals surface area contributed by atoms with Gasteiger partial charge >= 0.3 is 0 Å². The van der Waals surface area contributed by atoms with Crippen LogP contribution in [0.1, 0.15) is 38.8 Å². The molecule has 1 rings (SSSR count). The van der Waals surface area contributed by atoms with Crippen LogP contribution >= 0.6 is 11.8 Å². The van der Waals surface area contributed by atoms with Gasteiger partial charge in [0.25, 0.3) is 0 Å². The van der Waals surface area contributed by atoms with Gasteiger partial charge in [0, 0.05) is 4.91 Å². The van der Waals surface area contributed by atoms with E-state index in [9.17, 15) is 0 Å². The van der Waals surface area contributed by atoms with Crippen LogP contribution in [0, 0.1) is 6.92 Å². The van der Waals surface area contributed by atoms with Gasteiger partial charge < -0.3 is 0 Å². The molecular weight excluding hydrogens is 236 g/mol. The van der Waals surface area contributed by atoms with Crippen molar-refractivity contribution in [1.29, 1.82) is 0 Å². The van der Waals surface area contributed by atoms with Crippen LogP contribution in [-0.2, 0) is 0 Å². The molecule has 0 saturated carbocycles. The molecule has 0 aliphatic carbocycles. The van der Waals surface area contributed by atoms with Gasteiger partial charge in [-0.15, -0.1) is 0 Å². The Hall–Kier alpha value is -1.21. The number of rotatable bonds is 4. The molecule has 0 nitrogen and oxygen atoms in total. The predicted molar refractivity (Wildman–Crippen MR) is 85.6 cm³/mol. The van der Waals surface area contributed by atoms with Gasteiger partial charge in [0.2, 0.25) is 0 Å². The molecule has 0 N–H and O–H groups in total. The summed E-state index contributed by atoms with van der Waals surface area (Å²) >= 11 is 1.71. The van der Waals surface area contributed by atoms with Crippen molar-refractivity contribution < 1.29 is 0 Å². The number of benzene rings is 1. The molecule has 1 aromatic rings. The quantitative estimate of drug-likeness (QED) is 0.600. The van der Waals surface area contributed by atoms with Crippen LogP contribution < -0.4 is 0 Å². The Morgan fingerprint density at radius 3 is 2.28 bits per heavy atom. The van der Waals surface area contributed by atoms with E-state index in [0.717, 1.165) is 4.91 Å². The second-order valence-electron chi connectivity index (χ2n) is 4.80. The van der Waals surface area contributed by atoms with E-state index >= 15 is 0 Å². The Morgan fingerprint density at radius 1 is 1.11 bits per heavy atom. The van der Waals surface area contributed by atoms with Gasteiger partial charge in [-0.05, 0) is 62.3 Å². The summed E-state index contributed by atoms with van der Waals surface area (Å²) in [7, 11) is 0. The Balaban J connectivity index is 3.02. The zero-order valence-electron chi connectivity index (χ0n) is 12.0. The van der Waals surface area contributed by atoms with Crippen molar-refractivity contribution in [1.82, 2.24) is 0 Å². The maximum absolute atomic E-state index is 4.16. The fourth-order valence-corrected chi connectivity index (χ4v) is 2.39. The zero-order valence-corrected chi connectivity index (χ0v) is 12.8. The van der Waals surface area contributed by atoms with Crippen LogP contribution in [0.15, 0.2) is 52.3 Å². The van der Waals surface area contributed by atoms with Gasteiger partial charge in [0.05, 0.1) is 0 Å². The number of hydrogen-bond acceptors (Lipinski definition) is 1. The molecule has 0 bridgehead atoms. The topological polar surface area (TPSA) is 0 Å². The predicted octanol–water partition coefficient (Wildman–Crippen LogP) is 5.96. The van der Waals surface area contributed by atoms with Gasteiger partial charge in [0.15, 0.2) is 0 Å². The van der Waals surface area contributed by atoms with Crippen molar-refractivity contribution in [3.63, 3.8) is 0 Å². The molecule has 1 heteroatoms.